The Morgan fingerprint density at radius 2 is 2.23 bits per heavy atom. The van der Waals surface area contributed by atoms with Crippen LogP contribution in [-0.4, -0.2) is 22.4 Å². The quantitative estimate of drug-likeness (QED) is 0.735. The second-order valence-electron chi connectivity index (χ2n) is 5.92. The first-order valence-corrected chi connectivity index (χ1v) is 8.02. The molecular formula is C18H22N2O2. The van der Waals surface area contributed by atoms with Crippen LogP contribution in [0.5, 0.6) is 0 Å². The summed E-state index contributed by atoms with van der Waals surface area (Å²) in [4.78, 5) is 11.2. The molecule has 0 N–H and O–H groups in total. The van der Waals surface area contributed by atoms with Crippen molar-refractivity contribution in [3.8, 4) is 11.1 Å². The Balaban J connectivity index is 1.62. The number of carbonyl (C=O) groups excluding carboxylic acids is 1. The van der Waals surface area contributed by atoms with Gasteiger partial charge in [-0.05, 0) is 29.9 Å². The third-order valence-corrected chi connectivity index (χ3v) is 3.98. The minimum atomic E-state index is -0.141. The van der Waals surface area contributed by atoms with Gasteiger partial charge in [0.25, 0.3) is 0 Å². The highest BCUT2D eigenvalue weighted by molar-refractivity contribution is 5.68. The molecule has 0 atom stereocenters. The predicted octanol–water partition coefficient (Wildman–Crippen LogP) is 3.46. The van der Waals surface area contributed by atoms with Crippen LogP contribution in [0.1, 0.15) is 31.7 Å². The van der Waals surface area contributed by atoms with Crippen molar-refractivity contribution < 1.29 is 9.53 Å². The number of esters is 1. The summed E-state index contributed by atoms with van der Waals surface area (Å²) in [5.41, 5.74) is 3.49. The number of carbonyl (C=O) groups is 1. The number of hydrogen-bond acceptors (Lipinski definition) is 3. The molecule has 4 heteroatoms. The number of rotatable bonds is 7. The van der Waals surface area contributed by atoms with Crippen molar-refractivity contribution in [2.24, 2.45) is 5.92 Å². The first-order valence-electron chi connectivity index (χ1n) is 8.02. The Morgan fingerprint density at radius 1 is 1.36 bits per heavy atom. The monoisotopic (exact) mass is 298 g/mol. The number of benzene rings is 1. The van der Waals surface area contributed by atoms with Gasteiger partial charge in [0.2, 0.25) is 0 Å². The van der Waals surface area contributed by atoms with Crippen molar-refractivity contribution in [2.45, 2.75) is 39.2 Å². The first kappa shape index (κ1) is 14.8. The highest BCUT2D eigenvalue weighted by atomic mass is 16.5. The van der Waals surface area contributed by atoms with Crippen LogP contribution in [-0.2, 0) is 22.5 Å². The van der Waals surface area contributed by atoms with E-state index in [0.717, 1.165) is 24.4 Å². The van der Waals surface area contributed by atoms with Gasteiger partial charge in [0.05, 0.1) is 12.8 Å². The van der Waals surface area contributed by atoms with Gasteiger partial charge in [-0.15, -0.1) is 0 Å². The summed E-state index contributed by atoms with van der Waals surface area (Å²) in [6, 6.07) is 8.36. The fourth-order valence-corrected chi connectivity index (χ4v) is 2.47. The molecule has 1 aromatic heterocycles. The van der Waals surface area contributed by atoms with E-state index in [4.69, 9.17) is 4.74 Å². The maximum atomic E-state index is 11.2. The molecule has 0 bridgehead atoms. The first-order chi connectivity index (χ1) is 10.7. The van der Waals surface area contributed by atoms with Crippen molar-refractivity contribution in [3.05, 3.63) is 42.2 Å². The van der Waals surface area contributed by atoms with Crippen LogP contribution in [0, 0.1) is 5.92 Å². The summed E-state index contributed by atoms with van der Waals surface area (Å²) < 4.78 is 7.18. The van der Waals surface area contributed by atoms with Crippen LogP contribution >= 0.6 is 0 Å². The number of aromatic nitrogens is 2. The van der Waals surface area contributed by atoms with E-state index in [0.29, 0.717) is 13.0 Å². The summed E-state index contributed by atoms with van der Waals surface area (Å²) in [6.07, 6.45) is 7.89. The zero-order chi connectivity index (χ0) is 15.4. The van der Waals surface area contributed by atoms with Crippen LogP contribution in [0.15, 0.2) is 36.7 Å². The minimum absolute atomic E-state index is 0.141. The average Bonchev–Trinajstić information content (AvgIpc) is 3.22. The second kappa shape index (κ2) is 6.77. The lowest BCUT2D eigenvalue weighted by Crippen LogP contribution is -2.05. The Hall–Kier alpha value is -2.10. The maximum Gasteiger partial charge on any atom is 0.305 e. The SMILES string of the molecule is CCC(=O)OCCc1cccc(-c2cnn(CC3CC3)c2)c1. The van der Waals surface area contributed by atoms with Crippen LogP contribution in [0.2, 0.25) is 0 Å². The summed E-state index contributed by atoms with van der Waals surface area (Å²) >= 11 is 0. The van der Waals surface area contributed by atoms with Crippen LogP contribution < -0.4 is 0 Å². The molecule has 1 aromatic carbocycles. The Morgan fingerprint density at radius 3 is 3.00 bits per heavy atom. The molecule has 1 aliphatic rings. The van der Waals surface area contributed by atoms with Crippen molar-refractivity contribution in [2.75, 3.05) is 6.61 Å². The molecule has 1 heterocycles. The molecule has 0 aliphatic heterocycles. The lowest BCUT2D eigenvalue weighted by molar-refractivity contribution is -0.143. The lowest BCUT2D eigenvalue weighted by Gasteiger charge is -2.05. The maximum absolute atomic E-state index is 11.2. The van der Waals surface area contributed by atoms with Crippen LogP contribution in [0.25, 0.3) is 11.1 Å². The smallest absolute Gasteiger partial charge is 0.305 e. The van der Waals surface area contributed by atoms with Crippen molar-refractivity contribution in [1.29, 1.82) is 0 Å². The second-order valence-corrected chi connectivity index (χ2v) is 5.92. The van der Waals surface area contributed by atoms with Crippen molar-refractivity contribution >= 4 is 5.97 Å². The number of ether oxygens (including phenoxy) is 1. The van der Waals surface area contributed by atoms with Gasteiger partial charge in [-0.3, -0.25) is 9.48 Å². The van der Waals surface area contributed by atoms with E-state index >= 15 is 0 Å². The summed E-state index contributed by atoms with van der Waals surface area (Å²) in [5.74, 6) is 0.685. The molecule has 3 rings (SSSR count). The number of hydrogen-bond donors (Lipinski definition) is 0. The highest BCUT2D eigenvalue weighted by Crippen LogP contribution is 2.31. The lowest BCUT2D eigenvalue weighted by atomic mass is 10.0. The fraction of sp³-hybridized carbons (Fsp3) is 0.444. The molecular weight excluding hydrogens is 276 g/mol. The van der Waals surface area contributed by atoms with Gasteiger partial charge in [-0.25, -0.2) is 0 Å². The molecule has 0 saturated heterocycles. The van der Waals surface area contributed by atoms with Crippen molar-refractivity contribution in [1.82, 2.24) is 9.78 Å². The Kier molecular flexibility index (Phi) is 4.56. The predicted molar refractivity (Wildman–Crippen MR) is 85.3 cm³/mol. The van der Waals surface area contributed by atoms with E-state index in [1.165, 1.54) is 24.0 Å². The normalized spacial score (nSPS) is 14.0. The summed E-state index contributed by atoms with van der Waals surface area (Å²) in [6.45, 7) is 3.28. The van der Waals surface area contributed by atoms with Gasteiger partial charge in [0.1, 0.15) is 0 Å². The molecule has 4 nitrogen and oxygen atoms in total. The van der Waals surface area contributed by atoms with Gasteiger partial charge < -0.3 is 4.74 Å². The van der Waals surface area contributed by atoms with Gasteiger partial charge in [-0.2, -0.15) is 5.10 Å². The largest absolute Gasteiger partial charge is 0.465 e. The average molecular weight is 298 g/mol. The van der Waals surface area contributed by atoms with Gasteiger partial charge in [0, 0.05) is 31.1 Å². The fourth-order valence-electron chi connectivity index (χ4n) is 2.47. The van der Waals surface area contributed by atoms with E-state index < -0.39 is 0 Å². The molecule has 1 aliphatic carbocycles. The van der Waals surface area contributed by atoms with Crippen LogP contribution in [0.3, 0.4) is 0 Å². The third kappa shape index (κ3) is 3.97. The van der Waals surface area contributed by atoms with Gasteiger partial charge >= 0.3 is 5.97 Å². The highest BCUT2D eigenvalue weighted by Gasteiger charge is 2.22. The van der Waals surface area contributed by atoms with E-state index in [1.54, 1.807) is 0 Å². The standard InChI is InChI=1S/C18H22N2O2/c1-2-18(21)22-9-8-14-4-3-5-16(10-14)17-11-19-20(13-17)12-15-6-7-15/h3-5,10-11,13,15H,2,6-9,12H2,1H3. The zero-order valence-electron chi connectivity index (χ0n) is 13.0. The van der Waals surface area contributed by atoms with E-state index in [-0.39, 0.29) is 5.97 Å². The molecule has 22 heavy (non-hydrogen) atoms. The van der Waals surface area contributed by atoms with Crippen molar-refractivity contribution in [3.63, 3.8) is 0 Å². The molecule has 0 unspecified atom stereocenters. The Bertz CT molecular complexity index is 644. The Labute approximate surface area is 131 Å². The molecule has 0 spiro atoms. The summed E-state index contributed by atoms with van der Waals surface area (Å²) in [5, 5.41) is 4.45. The van der Waals surface area contributed by atoms with Gasteiger partial charge in [-0.1, -0.05) is 31.2 Å². The molecule has 2 aromatic rings. The van der Waals surface area contributed by atoms with E-state index in [9.17, 15) is 4.79 Å². The summed E-state index contributed by atoms with van der Waals surface area (Å²) in [7, 11) is 0. The molecule has 1 saturated carbocycles. The molecule has 0 radical (unpaired) electrons. The van der Waals surface area contributed by atoms with E-state index in [2.05, 4.69) is 29.5 Å². The van der Waals surface area contributed by atoms with Crippen LogP contribution in [0.4, 0.5) is 0 Å². The molecule has 116 valence electrons. The number of nitrogens with zero attached hydrogens (tertiary/aromatic N) is 2. The molecule has 1 fully saturated rings. The van der Waals surface area contributed by atoms with Gasteiger partial charge in [0.15, 0.2) is 0 Å². The topological polar surface area (TPSA) is 44.1 Å². The zero-order valence-corrected chi connectivity index (χ0v) is 13.0. The molecule has 0 amide bonds. The van der Waals surface area contributed by atoms with E-state index in [1.807, 2.05) is 23.9 Å². The minimum Gasteiger partial charge on any atom is -0.465 e. The third-order valence-electron chi connectivity index (χ3n) is 3.98.